The molecule has 150 valence electrons. The molecule has 0 aliphatic carbocycles. The van der Waals surface area contributed by atoms with Crippen molar-refractivity contribution >= 4 is 16.8 Å². The summed E-state index contributed by atoms with van der Waals surface area (Å²) in [6, 6.07) is 12.9. The van der Waals surface area contributed by atoms with Crippen LogP contribution < -0.4 is 11.0 Å². The van der Waals surface area contributed by atoms with Gasteiger partial charge in [-0.2, -0.15) is 0 Å². The van der Waals surface area contributed by atoms with Crippen LogP contribution in [-0.2, 0) is 0 Å². The van der Waals surface area contributed by atoms with Crippen LogP contribution >= 0.6 is 0 Å². The number of aromatic hydroxyl groups is 1. The molecule has 7 nitrogen and oxygen atoms in total. The summed E-state index contributed by atoms with van der Waals surface area (Å²) < 4.78 is 3.05. The van der Waals surface area contributed by atoms with E-state index < -0.39 is 0 Å². The molecule has 1 saturated heterocycles. The molecule has 1 aromatic heterocycles. The van der Waals surface area contributed by atoms with Gasteiger partial charge in [0.1, 0.15) is 5.69 Å². The average Bonchev–Trinajstić information content (AvgIpc) is 3.32. The van der Waals surface area contributed by atoms with Gasteiger partial charge in [-0.3, -0.25) is 4.57 Å². The Labute approximate surface area is 168 Å². The fourth-order valence-corrected chi connectivity index (χ4v) is 4.68. The number of rotatable bonds is 1. The zero-order valence-corrected chi connectivity index (χ0v) is 16.7. The van der Waals surface area contributed by atoms with Crippen molar-refractivity contribution in [1.82, 2.24) is 19.4 Å². The Kier molecular flexibility index (Phi) is 3.62. The maximum Gasteiger partial charge on any atom is 0.336 e. The van der Waals surface area contributed by atoms with Gasteiger partial charge in [-0.25, -0.2) is 14.2 Å². The number of carbonyl (C=O) groups is 1. The average molecular weight is 392 g/mol. The summed E-state index contributed by atoms with van der Waals surface area (Å²) in [5, 5.41) is 16.0. The number of aromatic nitrogens is 2. The van der Waals surface area contributed by atoms with Crippen molar-refractivity contribution in [1.29, 1.82) is 0 Å². The van der Waals surface area contributed by atoms with Crippen LogP contribution in [0.5, 0.6) is 5.88 Å². The number of imidazole rings is 1. The zero-order valence-electron chi connectivity index (χ0n) is 16.7. The van der Waals surface area contributed by atoms with Gasteiger partial charge in [0, 0.05) is 17.5 Å². The number of fused-ring (bicyclic) bond motifs is 6. The lowest BCUT2D eigenvalue weighted by Gasteiger charge is -2.31. The Hall–Kier alpha value is -3.22. The highest BCUT2D eigenvalue weighted by Crippen LogP contribution is 2.48. The number of amides is 2. The first-order valence-electron chi connectivity index (χ1n) is 9.89. The van der Waals surface area contributed by atoms with E-state index in [1.165, 1.54) is 4.57 Å². The van der Waals surface area contributed by atoms with Crippen molar-refractivity contribution < 1.29 is 9.90 Å². The van der Waals surface area contributed by atoms with Crippen molar-refractivity contribution in [2.75, 3.05) is 6.54 Å². The first-order valence-corrected chi connectivity index (χ1v) is 9.89. The summed E-state index contributed by atoms with van der Waals surface area (Å²) in [4.78, 5) is 27.7. The van der Waals surface area contributed by atoms with Crippen molar-refractivity contribution in [2.45, 2.75) is 44.8 Å². The molecule has 0 spiro atoms. The number of nitrogens with one attached hydrogen (secondary N) is 1. The summed E-state index contributed by atoms with van der Waals surface area (Å²) in [5.74, 6) is -0.0767. The lowest BCUT2D eigenvalue weighted by molar-refractivity contribution is 0.175. The summed E-state index contributed by atoms with van der Waals surface area (Å²) in [7, 11) is 0. The van der Waals surface area contributed by atoms with Crippen LogP contribution in [0.25, 0.3) is 16.5 Å². The van der Waals surface area contributed by atoms with E-state index in [-0.39, 0.29) is 35.2 Å². The van der Waals surface area contributed by atoms with Crippen LogP contribution in [-0.4, -0.2) is 37.3 Å². The van der Waals surface area contributed by atoms with E-state index in [0.717, 1.165) is 10.8 Å². The second kappa shape index (κ2) is 5.89. The predicted molar refractivity (Wildman–Crippen MR) is 111 cm³/mol. The van der Waals surface area contributed by atoms with Crippen LogP contribution in [0.3, 0.4) is 0 Å². The molecule has 0 saturated carbocycles. The van der Waals surface area contributed by atoms with Crippen molar-refractivity contribution in [2.24, 2.45) is 0 Å². The molecule has 5 rings (SSSR count). The van der Waals surface area contributed by atoms with Gasteiger partial charge in [0.25, 0.3) is 0 Å². The highest BCUT2D eigenvalue weighted by Gasteiger charge is 2.49. The molecule has 2 bridgehead atoms. The van der Waals surface area contributed by atoms with Gasteiger partial charge < -0.3 is 15.3 Å². The second-order valence-electron chi connectivity index (χ2n) is 8.93. The lowest BCUT2D eigenvalue weighted by Crippen LogP contribution is -2.49. The van der Waals surface area contributed by atoms with E-state index in [0.29, 0.717) is 24.3 Å². The van der Waals surface area contributed by atoms with E-state index in [2.05, 4.69) is 5.32 Å². The van der Waals surface area contributed by atoms with Gasteiger partial charge >= 0.3 is 11.7 Å². The minimum absolute atomic E-state index is 0.0767. The van der Waals surface area contributed by atoms with E-state index >= 15 is 0 Å². The standard InChI is InChI=1S/C22H24N4O3/c1-22(2,3)23-20(28)24-12-14-11-17(24)18-19(27)26(21(29)25(14)18)16-10-6-8-13-7-4-5-9-15(13)16/h4-10,14,17,27H,11-12H2,1-3H3,(H,23,28). The van der Waals surface area contributed by atoms with Crippen LogP contribution in [0.4, 0.5) is 4.79 Å². The summed E-state index contributed by atoms with van der Waals surface area (Å²) in [6.07, 6.45) is 0.659. The molecule has 3 aromatic rings. The molecule has 0 radical (unpaired) electrons. The Bertz CT molecular complexity index is 1200. The molecule has 2 aliphatic rings. The summed E-state index contributed by atoms with van der Waals surface area (Å²) in [6.45, 7) is 6.27. The molecule has 7 heteroatoms. The SMILES string of the molecule is CC(C)(C)NC(=O)N1CC2CC1c1c(O)n(-c3cccc4ccccc34)c(=O)n12. The third kappa shape index (κ3) is 2.57. The maximum atomic E-state index is 13.3. The number of likely N-dealkylation sites (tertiary alicyclic amines) is 1. The van der Waals surface area contributed by atoms with E-state index in [4.69, 9.17) is 0 Å². The zero-order chi connectivity index (χ0) is 20.5. The van der Waals surface area contributed by atoms with Crippen LogP contribution in [0.15, 0.2) is 47.3 Å². The van der Waals surface area contributed by atoms with Crippen LogP contribution in [0, 0.1) is 0 Å². The van der Waals surface area contributed by atoms with E-state index in [1.807, 2.05) is 63.2 Å². The quantitative estimate of drug-likeness (QED) is 0.667. The van der Waals surface area contributed by atoms with Crippen molar-refractivity contribution in [3.05, 3.63) is 58.6 Å². The molecular weight excluding hydrogens is 368 g/mol. The second-order valence-corrected chi connectivity index (χ2v) is 8.93. The molecular formula is C22H24N4O3. The molecule has 1 fully saturated rings. The number of nitrogens with zero attached hydrogens (tertiary/aromatic N) is 3. The molecule has 3 heterocycles. The maximum absolute atomic E-state index is 13.3. The third-order valence-electron chi connectivity index (χ3n) is 5.81. The number of urea groups is 1. The third-order valence-corrected chi connectivity index (χ3v) is 5.81. The number of carbonyl (C=O) groups excluding carboxylic acids is 1. The van der Waals surface area contributed by atoms with Gasteiger partial charge in [-0.1, -0.05) is 36.4 Å². The minimum atomic E-state index is -0.352. The Balaban J connectivity index is 1.62. The van der Waals surface area contributed by atoms with Crippen LogP contribution in [0.2, 0.25) is 0 Å². The minimum Gasteiger partial charge on any atom is -0.493 e. The molecule has 2 aliphatic heterocycles. The van der Waals surface area contributed by atoms with Gasteiger partial charge in [-0.05, 0) is 38.6 Å². The summed E-state index contributed by atoms with van der Waals surface area (Å²) in [5.41, 5.74) is 0.577. The topological polar surface area (TPSA) is 79.5 Å². The molecule has 2 unspecified atom stereocenters. The van der Waals surface area contributed by atoms with Gasteiger partial charge in [0.15, 0.2) is 0 Å². The van der Waals surface area contributed by atoms with Gasteiger partial charge in [0.05, 0.1) is 17.8 Å². The van der Waals surface area contributed by atoms with Crippen LogP contribution in [0.1, 0.15) is 45.0 Å². The Morgan fingerprint density at radius 3 is 2.62 bits per heavy atom. The lowest BCUT2D eigenvalue weighted by atomic mass is 10.1. The fourth-order valence-electron chi connectivity index (χ4n) is 4.68. The first kappa shape index (κ1) is 17.8. The number of hydrogen-bond acceptors (Lipinski definition) is 3. The Morgan fingerprint density at radius 2 is 1.86 bits per heavy atom. The number of hydrogen-bond donors (Lipinski definition) is 2. The largest absolute Gasteiger partial charge is 0.493 e. The molecule has 29 heavy (non-hydrogen) atoms. The van der Waals surface area contributed by atoms with E-state index in [9.17, 15) is 14.7 Å². The normalized spacial score (nSPS) is 20.3. The predicted octanol–water partition coefficient (Wildman–Crippen LogP) is 3.31. The molecule has 2 N–H and O–H groups in total. The van der Waals surface area contributed by atoms with Crippen molar-refractivity contribution in [3.63, 3.8) is 0 Å². The highest BCUT2D eigenvalue weighted by atomic mass is 16.3. The van der Waals surface area contributed by atoms with E-state index in [1.54, 1.807) is 9.47 Å². The number of benzene rings is 2. The monoisotopic (exact) mass is 392 g/mol. The Morgan fingerprint density at radius 1 is 1.14 bits per heavy atom. The van der Waals surface area contributed by atoms with Crippen molar-refractivity contribution in [3.8, 4) is 11.6 Å². The first-order chi connectivity index (χ1) is 13.8. The molecule has 2 amide bonds. The molecule has 2 aromatic carbocycles. The highest BCUT2D eigenvalue weighted by molar-refractivity contribution is 5.90. The molecule has 2 atom stereocenters. The van der Waals surface area contributed by atoms with Gasteiger partial charge in [-0.15, -0.1) is 0 Å². The van der Waals surface area contributed by atoms with Gasteiger partial charge in [0.2, 0.25) is 5.88 Å². The smallest absolute Gasteiger partial charge is 0.336 e. The summed E-state index contributed by atoms with van der Waals surface area (Å²) >= 11 is 0. The fraction of sp³-hybridized carbons (Fsp3) is 0.364.